The molecule has 3 aromatic rings. The Morgan fingerprint density at radius 3 is 2.78 bits per heavy atom. The van der Waals surface area contributed by atoms with Gasteiger partial charge in [-0.2, -0.15) is 5.10 Å². The molecule has 2 heterocycles. The first-order valence-electron chi connectivity index (χ1n) is 7.31. The zero-order valence-electron chi connectivity index (χ0n) is 12.4. The maximum absolute atomic E-state index is 12.3. The van der Waals surface area contributed by atoms with Gasteiger partial charge in [0.25, 0.3) is 5.91 Å². The van der Waals surface area contributed by atoms with E-state index in [9.17, 15) is 9.90 Å². The average molecular weight is 311 g/mol. The van der Waals surface area contributed by atoms with Crippen molar-refractivity contribution in [2.45, 2.75) is 12.5 Å². The number of nitrogens with zero attached hydrogens (tertiary/aromatic N) is 1. The highest BCUT2D eigenvalue weighted by Gasteiger charge is 2.17. The molecule has 1 amide bonds. The van der Waals surface area contributed by atoms with Crippen LogP contribution >= 0.6 is 0 Å². The Labute approximate surface area is 133 Å². The van der Waals surface area contributed by atoms with Crippen molar-refractivity contribution in [3.63, 3.8) is 0 Å². The summed E-state index contributed by atoms with van der Waals surface area (Å²) < 4.78 is 5.25. The third kappa shape index (κ3) is 3.67. The van der Waals surface area contributed by atoms with Crippen LogP contribution in [0.1, 0.15) is 16.1 Å². The Bertz CT molecular complexity index is 751. The number of aromatic amines is 1. The van der Waals surface area contributed by atoms with Crippen molar-refractivity contribution in [3.05, 3.63) is 66.1 Å². The standard InChI is InChI=1S/C17H17N3O3/c21-11-13(9-12-5-2-1-3-6-12)18-17(22)15-10-14(19-20-15)16-7-4-8-23-16/h1-8,10,13,21H,9,11H2,(H,18,22)(H,19,20)/t13-/m1/s1. The van der Waals surface area contributed by atoms with Crippen molar-refractivity contribution < 1.29 is 14.3 Å². The van der Waals surface area contributed by atoms with Gasteiger partial charge in [0.2, 0.25) is 0 Å². The van der Waals surface area contributed by atoms with Crippen LogP contribution in [0, 0.1) is 0 Å². The second-order valence-electron chi connectivity index (χ2n) is 5.19. The van der Waals surface area contributed by atoms with E-state index in [1.807, 2.05) is 30.3 Å². The van der Waals surface area contributed by atoms with E-state index in [2.05, 4.69) is 15.5 Å². The maximum atomic E-state index is 12.3. The molecule has 1 atom stereocenters. The normalized spacial score (nSPS) is 12.0. The lowest BCUT2D eigenvalue weighted by Crippen LogP contribution is -2.39. The minimum absolute atomic E-state index is 0.143. The molecule has 6 nitrogen and oxygen atoms in total. The van der Waals surface area contributed by atoms with Gasteiger partial charge in [0.05, 0.1) is 18.9 Å². The number of nitrogens with one attached hydrogen (secondary N) is 2. The number of amides is 1. The predicted molar refractivity (Wildman–Crippen MR) is 84.8 cm³/mol. The van der Waals surface area contributed by atoms with Crippen molar-refractivity contribution in [1.82, 2.24) is 15.5 Å². The lowest BCUT2D eigenvalue weighted by molar-refractivity contribution is 0.0911. The fraction of sp³-hybridized carbons (Fsp3) is 0.176. The molecular formula is C17H17N3O3. The number of aliphatic hydroxyl groups is 1. The van der Waals surface area contributed by atoms with Gasteiger partial charge >= 0.3 is 0 Å². The first-order chi connectivity index (χ1) is 11.3. The lowest BCUT2D eigenvalue weighted by Gasteiger charge is -2.15. The van der Waals surface area contributed by atoms with Gasteiger partial charge in [-0.15, -0.1) is 0 Å². The monoisotopic (exact) mass is 311 g/mol. The van der Waals surface area contributed by atoms with Gasteiger partial charge in [-0.1, -0.05) is 30.3 Å². The summed E-state index contributed by atoms with van der Waals surface area (Å²) in [6, 6.07) is 14.5. The molecule has 23 heavy (non-hydrogen) atoms. The number of furan rings is 1. The van der Waals surface area contributed by atoms with E-state index in [0.29, 0.717) is 17.9 Å². The number of aromatic nitrogens is 2. The van der Waals surface area contributed by atoms with E-state index < -0.39 is 0 Å². The van der Waals surface area contributed by atoms with Crippen molar-refractivity contribution >= 4 is 5.91 Å². The predicted octanol–water partition coefficient (Wildman–Crippen LogP) is 2.00. The number of aliphatic hydroxyl groups excluding tert-OH is 1. The number of rotatable bonds is 6. The highest BCUT2D eigenvalue weighted by atomic mass is 16.3. The Balaban J connectivity index is 1.65. The van der Waals surface area contributed by atoms with Crippen LogP contribution in [0.5, 0.6) is 0 Å². The van der Waals surface area contributed by atoms with Gasteiger partial charge < -0.3 is 14.8 Å². The smallest absolute Gasteiger partial charge is 0.272 e. The summed E-state index contributed by atoms with van der Waals surface area (Å²) in [6.07, 6.45) is 2.11. The summed E-state index contributed by atoms with van der Waals surface area (Å²) in [6.45, 7) is -0.143. The quantitative estimate of drug-likeness (QED) is 0.649. The zero-order chi connectivity index (χ0) is 16.1. The highest BCUT2D eigenvalue weighted by Crippen LogP contribution is 2.17. The molecule has 0 radical (unpaired) electrons. The van der Waals surface area contributed by atoms with E-state index in [1.165, 1.54) is 0 Å². The van der Waals surface area contributed by atoms with Crippen LogP contribution in [0.4, 0.5) is 0 Å². The number of benzene rings is 1. The van der Waals surface area contributed by atoms with Crippen LogP contribution in [-0.2, 0) is 6.42 Å². The molecule has 3 N–H and O–H groups in total. The van der Waals surface area contributed by atoms with Crippen LogP contribution in [0.15, 0.2) is 59.2 Å². The van der Waals surface area contributed by atoms with Gasteiger partial charge in [-0.25, -0.2) is 0 Å². The van der Waals surface area contributed by atoms with Crippen LogP contribution in [0.3, 0.4) is 0 Å². The molecule has 2 aromatic heterocycles. The number of hydrogen-bond donors (Lipinski definition) is 3. The van der Waals surface area contributed by atoms with Crippen molar-refractivity contribution in [1.29, 1.82) is 0 Å². The second kappa shape index (κ2) is 6.93. The molecule has 0 unspecified atom stereocenters. The molecule has 1 aromatic carbocycles. The summed E-state index contributed by atoms with van der Waals surface area (Å²) in [5, 5.41) is 19.0. The molecule has 0 bridgehead atoms. The molecule has 0 spiro atoms. The van der Waals surface area contributed by atoms with Gasteiger partial charge in [-0.3, -0.25) is 9.89 Å². The largest absolute Gasteiger partial charge is 0.463 e. The summed E-state index contributed by atoms with van der Waals surface area (Å²) in [5.74, 6) is 0.272. The van der Waals surface area contributed by atoms with Gasteiger partial charge in [0.1, 0.15) is 5.69 Å². The SMILES string of the molecule is O=C(N[C@@H](CO)Cc1ccccc1)c1cc(-c2ccco2)[nH]n1. The first-order valence-corrected chi connectivity index (χ1v) is 7.31. The van der Waals surface area contributed by atoms with Crippen LogP contribution in [-0.4, -0.2) is 33.9 Å². The molecule has 0 saturated carbocycles. The zero-order valence-corrected chi connectivity index (χ0v) is 12.4. The number of hydrogen-bond acceptors (Lipinski definition) is 4. The van der Waals surface area contributed by atoms with E-state index in [4.69, 9.17) is 4.42 Å². The molecule has 3 rings (SSSR count). The average Bonchev–Trinajstić information content (AvgIpc) is 3.26. The minimum Gasteiger partial charge on any atom is -0.463 e. The molecule has 118 valence electrons. The fourth-order valence-corrected chi connectivity index (χ4v) is 2.32. The summed E-state index contributed by atoms with van der Waals surface area (Å²) >= 11 is 0. The van der Waals surface area contributed by atoms with Crippen LogP contribution < -0.4 is 5.32 Å². The molecule has 0 fully saturated rings. The van der Waals surface area contributed by atoms with E-state index in [-0.39, 0.29) is 24.2 Å². The van der Waals surface area contributed by atoms with Gasteiger partial charge in [0.15, 0.2) is 11.5 Å². The highest BCUT2D eigenvalue weighted by molar-refractivity contribution is 5.93. The van der Waals surface area contributed by atoms with Gasteiger partial charge in [0, 0.05) is 6.07 Å². The fourth-order valence-electron chi connectivity index (χ4n) is 2.32. The van der Waals surface area contributed by atoms with E-state index >= 15 is 0 Å². The third-order valence-corrected chi connectivity index (χ3v) is 3.48. The van der Waals surface area contributed by atoms with Crippen LogP contribution in [0.2, 0.25) is 0 Å². The minimum atomic E-state index is -0.367. The van der Waals surface area contributed by atoms with E-state index in [0.717, 1.165) is 5.56 Å². The molecule has 0 aliphatic rings. The number of H-pyrrole nitrogens is 1. The Hall–Kier alpha value is -2.86. The lowest BCUT2D eigenvalue weighted by atomic mass is 10.1. The Kier molecular flexibility index (Phi) is 4.54. The van der Waals surface area contributed by atoms with E-state index in [1.54, 1.807) is 24.5 Å². The number of carbonyl (C=O) groups is 1. The topological polar surface area (TPSA) is 91.1 Å². The molecule has 0 aliphatic carbocycles. The van der Waals surface area contributed by atoms with Crippen molar-refractivity contribution in [2.75, 3.05) is 6.61 Å². The summed E-state index contributed by atoms with van der Waals surface area (Å²) in [5.41, 5.74) is 1.93. The Morgan fingerprint density at radius 1 is 1.26 bits per heavy atom. The first kappa shape index (κ1) is 15.1. The molecule has 0 saturated heterocycles. The van der Waals surface area contributed by atoms with Gasteiger partial charge in [-0.05, 0) is 24.1 Å². The number of carbonyl (C=O) groups excluding carboxylic acids is 1. The van der Waals surface area contributed by atoms with Crippen molar-refractivity contribution in [2.24, 2.45) is 0 Å². The Morgan fingerprint density at radius 2 is 2.09 bits per heavy atom. The second-order valence-corrected chi connectivity index (χ2v) is 5.19. The molecular weight excluding hydrogens is 294 g/mol. The summed E-state index contributed by atoms with van der Waals surface area (Å²) in [4.78, 5) is 12.3. The summed E-state index contributed by atoms with van der Waals surface area (Å²) in [7, 11) is 0. The third-order valence-electron chi connectivity index (χ3n) is 3.48. The molecule has 0 aliphatic heterocycles. The maximum Gasteiger partial charge on any atom is 0.272 e. The van der Waals surface area contributed by atoms with Crippen molar-refractivity contribution in [3.8, 4) is 11.5 Å². The van der Waals surface area contributed by atoms with Crippen LogP contribution in [0.25, 0.3) is 11.5 Å². The molecule has 6 heteroatoms.